The van der Waals surface area contributed by atoms with Gasteiger partial charge in [-0.1, -0.05) is 0 Å². The maximum Gasteiger partial charge on any atom is 0.222 e. The Morgan fingerprint density at radius 2 is 2.05 bits per heavy atom. The van der Waals surface area contributed by atoms with E-state index in [-0.39, 0.29) is 27.8 Å². The summed E-state index contributed by atoms with van der Waals surface area (Å²) in [4.78, 5) is 13.4. The number of nitrogens with zero attached hydrogens (tertiary/aromatic N) is 2. The Kier molecular flexibility index (Phi) is 3.56. The third-order valence-electron chi connectivity index (χ3n) is 4.02. The smallest absolute Gasteiger partial charge is 0.222 e. The van der Waals surface area contributed by atoms with E-state index in [4.69, 9.17) is 11.5 Å². The zero-order valence-electron chi connectivity index (χ0n) is 11.5. The van der Waals surface area contributed by atoms with Crippen LogP contribution in [-0.2, 0) is 14.6 Å². The fourth-order valence-electron chi connectivity index (χ4n) is 2.69. The van der Waals surface area contributed by atoms with Gasteiger partial charge in [0.1, 0.15) is 9.90 Å². The maximum atomic E-state index is 12.5. The van der Waals surface area contributed by atoms with Crippen LogP contribution in [0.15, 0.2) is 4.90 Å². The van der Waals surface area contributed by atoms with Crippen molar-refractivity contribution in [1.29, 1.82) is 0 Å². The lowest BCUT2D eigenvalue weighted by Crippen LogP contribution is -2.41. The first-order chi connectivity index (χ1) is 9.91. The third kappa shape index (κ3) is 2.59. The molecule has 0 radical (unpaired) electrons. The average Bonchev–Trinajstić information content (AvgIpc) is 3.22. The number of carbonyl (C=O) groups excluding carboxylic acids is 1. The molecule has 1 saturated carbocycles. The van der Waals surface area contributed by atoms with Gasteiger partial charge < -0.3 is 16.4 Å². The summed E-state index contributed by atoms with van der Waals surface area (Å²) in [5, 5.41) is 0.233. The molecule has 2 aliphatic rings. The molecule has 2 fully saturated rings. The molecule has 116 valence electrons. The number of amides is 1. The van der Waals surface area contributed by atoms with E-state index in [9.17, 15) is 13.2 Å². The maximum absolute atomic E-state index is 12.5. The first kappa shape index (κ1) is 14.6. The summed E-state index contributed by atoms with van der Waals surface area (Å²) >= 11 is 1.09. The van der Waals surface area contributed by atoms with E-state index >= 15 is 0 Å². The van der Waals surface area contributed by atoms with Crippen molar-refractivity contribution in [3.63, 3.8) is 0 Å². The van der Waals surface area contributed by atoms with Gasteiger partial charge in [-0.25, -0.2) is 8.42 Å². The molecule has 7 nitrogen and oxygen atoms in total. The number of hydrogen-bond donors (Lipinski definition) is 2. The van der Waals surface area contributed by atoms with Crippen LogP contribution in [0.4, 0.5) is 10.8 Å². The quantitative estimate of drug-likeness (QED) is 0.823. The van der Waals surface area contributed by atoms with E-state index < -0.39 is 9.84 Å². The van der Waals surface area contributed by atoms with Gasteiger partial charge in [-0.2, -0.15) is 4.37 Å². The molecule has 1 unspecified atom stereocenters. The standard InChI is InChI=1S/C12H18N4O3S2/c13-10-9(21(18,19)8-3-4-8)12(20-15-10)16-5-1-2-7(6-16)11(14)17/h7-8H,1-6H2,(H2,13,15)(H2,14,17). The highest BCUT2D eigenvalue weighted by molar-refractivity contribution is 7.92. The van der Waals surface area contributed by atoms with Crippen molar-refractivity contribution in [1.82, 2.24) is 4.37 Å². The van der Waals surface area contributed by atoms with Gasteiger partial charge in [0.15, 0.2) is 15.7 Å². The summed E-state index contributed by atoms with van der Waals surface area (Å²) in [5.41, 5.74) is 11.2. The van der Waals surface area contributed by atoms with Gasteiger partial charge in [0.2, 0.25) is 5.91 Å². The van der Waals surface area contributed by atoms with E-state index in [1.807, 2.05) is 4.90 Å². The van der Waals surface area contributed by atoms with Crippen LogP contribution in [0.3, 0.4) is 0 Å². The molecule has 1 aromatic rings. The highest BCUT2D eigenvalue weighted by Crippen LogP contribution is 2.43. The summed E-state index contributed by atoms with van der Waals surface area (Å²) in [6.45, 7) is 1.13. The van der Waals surface area contributed by atoms with E-state index in [0.717, 1.165) is 24.4 Å². The summed E-state index contributed by atoms with van der Waals surface area (Å²) in [7, 11) is -3.41. The second-order valence-corrected chi connectivity index (χ2v) is 8.55. The average molecular weight is 330 g/mol. The monoisotopic (exact) mass is 330 g/mol. The van der Waals surface area contributed by atoms with Gasteiger partial charge in [-0.05, 0) is 37.2 Å². The van der Waals surface area contributed by atoms with Crippen LogP contribution in [0.1, 0.15) is 25.7 Å². The number of primary amides is 1. The number of nitrogen functional groups attached to an aromatic ring is 1. The molecule has 1 saturated heterocycles. The highest BCUT2D eigenvalue weighted by Gasteiger charge is 2.42. The first-order valence-corrected chi connectivity index (χ1v) is 9.26. The number of nitrogens with two attached hydrogens (primary N) is 2. The number of carbonyl (C=O) groups is 1. The van der Waals surface area contributed by atoms with Crippen molar-refractivity contribution < 1.29 is 13.2 Å². The Labute approximate surface area is 127 Å². The van der Waals surface area contributed by atoms with E-state index in [0.29, 0.717) is 30.9 Å². The van der Waals surface area contributed by atoms with E-state index in [1.54, 1.807) is 0 Å². The number of piperidine rings is 1. The molecule has 1 aliphatic carbocycles. The minimum absolute atomic E-state index is 0.0723. The van der Waals surface area contributed by atoms with Gasteiger partial charge >= 0.3 is 0 Å². The van der Waals surface area contributed by atoms with Crippen molar-refractivity contribution in [2.24, 2.45) is 11.7 Å². The van der Waals surface area contributed by atoms with E-state index in [1.165, 1.54) is 0 Å². The minimum Gasteiger partial charge on any atom is -0.382 e. The molecular formula is C12H18N4O3S2. The summed E-state index contributed by atoms with van der Waals surface area (Å²) in [6.07, 6.45) is 2.90. The molecule has 1 aromatic heterocycles. The molecule has 21 heavy (non-hydrogen) atoms. The molecule has 2 heterocycles. The first-order valence-electron chi connectivity index (χ1n) is 6.94. The van der Waals surface area contributed by atoms with Crippen LogP contribution in [-0.4, -0.2) is 37.0 Å². The van der Waals surface area contributed by atoms with Crippen LogP contribution in [0.2, 0.25) is 0 Å². The van der Waals surface area contributed by atoms with Crippen molar-refractivity contribution >= 4 is 38.1 Å². The Balaban J connectivity index is 1.94. The largest absolute Gasteiger partial charge is 0.382 e. The van der Waals surface area contributed by atoms with Crippen LogP contribution in [0.5, 0.6) is 0 Å². The third-order valence-corrected chi connectivity index (χ3v) is 7.39. The summed E-state index contributed by atoms with van der Waals surface area (Å²) in [6, 6.07) is 0. The summed E-state index contributed by atoms with van der Waals surface area (Å²) < 4.78 is 29.1. The fourth-order valence-corrected chi connectivity index (χ4v) is 5.76. The van der Waals surface area contributed by atoms with Gasteiger partial charge in [0.25, 0.3) is 0 Å². The molecule has 0 bridgehead atoms. The molecule has 1 aliphatic heterocycles. The van der Waals surface area contributed by atoms with Crippen LogP contribution < -0.4 is 16.4 Å². The molecule has 9 heteroatoms. The van der Waals surface area contributed by atoms with Crippen LogP contribution >= 0.6 is 11.5 Å². The number of sulfone groups is 1. The molecule has 3 rings (SSSR count). The molecule has 4 N–H and O–H groups in total. The van der Waals surface area contributed by atoms with Gasteiger partial charge in [-0.3, -0.25) is 4.79 Å². The normalized spacial score (nSPS) is 23.2. The van der Waals surface area contributed by atoms with Gasteiger partial charge in [0.05, 0.1) is 11.2 Å². The minimum atomic E-state index is -3.41. The lowest BCUT2D eigenvalue weighted by Gasteiger charge is -2.32. The number of rotatable bonds is 4. The second-order valence-electron chi connectivity index (χ2n) is 5.63. The Bertz CT molecular complexity index is 666. The molecule has 0 spiro atoms. The Morgan fingerprint density at radius 3 is 2.67 bits per heavy atom. The van der Waals surface area contributed by atoms with Crippen molar-refractivity contribution in [2.75, 3.05) is 23.7 Å². The van der Waals surface area contributed by atoms with Crippen LogP contribution in [0, 0.1) is 5.92 Å². The summed E-state index contributed by atoms with van der Waals surface area (Å²) in [5.74, 6) is -0.523. The molecular weight excluding hydrogens is 312 g/mol. The van der Waals surface area contributed by atoms with Crippen molar-refractivity contribution in [3.8, 4) is 0 Å². The van der Waals surface area contributed by atoms with E-state index in [2.05, 4.69) is 4.37 Å². The zero-order valence-corrected chi connectivity index (χ0v) is 13.1. The Hall–Kier alpha value is -1.35. The van der Waals surface area contributed by atoms with Crippen molar-refractivity contribution in [3.05, 3.63) is 0 Å². The second kappa shape index (κ2) is 5.13. The van der Waals surface area contributed by atoms with Gasteiger partial charge in [0, 0.05) is 13.1 Å². The number of aromatic nitrogens is 1. The lowest BCUT2D eigenvalue weighted by molar-refractivity contribution is -0.122. The fraction of sp³-hybridized carbons (Fsp3) is 0.667. The number of anilines is 2. The SMILES string of the molecule is NC(=O)C1CCCN(c2snc(N)c2S(=O)(=O)C2CC2)C1. The molecule has 0 aromatic carbocycles. The van der Waals surface area contributed by atoms with Crippen LogP contribution in [0.25, 0.3) is 0 Å². The zero-order chi connectivity index (χ0) is 15.2. The predicted molar refractivity (Wildman–Crippen MR) is 80.9 cm³/mol. The molecule has 1 atom stereocenters. The van der Waals surface area contributed by atoms with Crippen molar-refractivity contribution in [2.45, 2.75) is 35.8 Å². The lowest BCUT2D eigenvalue weighted by atomic mass is 9.98. The number of hydrogen-bond acceptors (Lipinski definition) is 7. The highest BCUT2D eigenvalue weighted by atomic mass is 32.2. The molecule has 1 amide bonds. The Morgan fingerprint density at radius 1 is 1.33 bits per heavy atom. The van der Waals surface area contributed by atoms with Gasteiger partial charge in [-0.15, -0.1) is 0 Å². The predicted octanol–water partition coefficient (Wildman–Crippen LogP) is 0.363. The topological polar surface area (TPSA) is 119 Å².